The van der Waals surface area contributed by atoms with Crippen molar-refractivity contribution in [2.45, 2.75) is 38.7 Å². The Balaban J connectivity index is 0.00000123. The highest BCUT2D eigenvalue weighted by Crippen LogP contribution is 2.13. The number of carboxylic acid groups (broad SMARTS) is 1. The first-order valence-electron chi connectivity index (χ1n) is 12.5. The van der Waals surface area contributed by atoms with E-state index in [1.54, 1.807) is 6.92 Å². The minimum atomic E-state index is -5.08. The molecule has 2 atom stereocenters. The third-order valence-electron chi connectivity index (χ3n) is 5.10. The van der Waals surface area contributed by atoms with Crippen molar-refractivity contribution in [2.24, 2.45) is 28.1 Å². The number of nitrogen functional groups attached to an aromatic ring is 1. The number of nitrogens with one attached hydrogen (secondary N) is 2. The summed E-state index contributed by atoms with van der Waals surface area (Å²) in [6, 6.07) is -0.840. The summed E-state index contributed by atoms with van der Waals surface area (Å²) in [6.07, 6.45) is -2.93. The van der Waals surface area contributed by atoms with Gasteiger partial charge < -0.3 is 42.8 Å². The van der Waals surface area contributed by atoms with Gasteiger partial charge in [-0.05, 0) is 12.8 Å². The fraction of sp³-hybridized carbons (Fsp3) is 0.545. The van der Waals surface area contributed by atoms with Gasteiger partial charge in [-0.25, -0.2) is 9.78 Å². The summed E-state index contributed by atoms with van der Waals surface area (Å²) in [5.74, 6) is -4.43. The molecule has 0 saturated carbocycles. The van der Waals surface area contributed by atoms with E-state index >= 15 is 0 Å². The Labute approximate surface area is 251 Å². The normalized spacial score (nSPS) is 12.4. The maximum Gasteiger partial charge on any atom is 0.490 e. The molecule has 0 fully saturated rings. The van der Waals surface area contributed by atoms with Crippen LogP contribution in [0.2, 0.25) is 0 Å². The second-order valence-electron chi connectivity index (χ2n) is 8.73. The van der Waals surface area contributed by atoms with Gasteiger partial charge in [-0.2, -0.15) is 18.2 Å². The fourth-order valence-corrected chi connectivity index (χ4v) is 3.85. The summed E-state index contributed by atoms with van der Waals surface area (Å²) in [6.45, 7) is 2.14. The number of carboxylic acids is 1. The number of carbonyl (C=O) groups is 4. The molecule has 2 aromatic rings. The number of thioether (sulfide) groups is 1. The number of rotatable bonds is 16. The van der Waals surface area contributed by atoms with Crippen LogP contribution in [-0.2, 0) is 35.4 Å². The molecule has 0 aliphatic rings. The lowest BCUT2D eigenvalue weighted by Crippen LogP contribution is -2.46. The van der Waals surface area contributed by atoms with Gasteiger partial charge in [0.2, 0.25) is 17.8 Å². The summed E-state index contributed by atoms with van der Waals surface area (Å²) in [4.78, 5) is 70.7. The van der Waals surface area contributed by atoms with Crippen LogP contribution in [0.3, 0.4) is 0 Å². The number of hydrogen-bond donors (Lipinski definition) is 7. The van der Waals surface area contributed by atoms with Gasteiger partial charge in [0.15, 0.2) is 17.1 Å². The first-order valence-corrected chi connectivity index (χ1v) is 13.6. The number of nitrogens with zero attached hydrogens (tertiary/aromatic N) is 4. The molecule has 246 valence electrons. The van der Waals surface area contributed by atoms with Crippen molar-refractivity contribution in [1.29, 1.82) is 0 Å². The number of primary amides is 1. The van der Waals surface area contributed by atoms with Gasteiger partial charge in [0.05, 0.1) is 18.7 Å². The van der Waals surface area contributed by atoms with Crippen LogP contribution in [0.1, 0.15) is 19.8 Å². The number of halogens is 3. The highest BCUT2D eigenvalue weighted by molar-refractivity contribution is 7.99. The lowest BCUT2D eigenvalue weighted by Gasteiger charge is -2.18. The van der Waals surface area contributed by atoms with Crippen molar-refractivity contribution in [3.05, 3.63) is 16.7 Å². The summed E-state index contributed by atoms with van der Waals surface area (Å²) in [7, 11) is 0. The van der Waals surface area contributed by atoms with Gasteiger partial charge >= 0.3 is 18.1 Å². The van der Waals surface area contributed by atoms with Crippen LogP contribution in [0.5, 0.6) is 0 Å². The van der Waals surface area contributed by atoms with E-state index < -0.39 is 41.5 Å². The average molecular weight is 655 g/mol. The SMILES string of the molecule is C[C@@H](CSCC(=O)OCCOCn1cnc2c(=O)[nH]c(N)nc21)C(=O)N[C@H](CCCN=C(N)N)C(N)=O.O=C(O)C(F)(F)F. The van der Waals surface area contributed by atoms with Gasteiger partial charge in [0.25, 0.3) is 5.56 Å². The number of aromatic amines is 1. The van der Waals surface area contributed by atoms with Gasteiger partial charge in [-0.3, -0.25) is 33.7 Å². The van der Waals surface area contributed by atoms with Crippen LogP contribution in [0.4, 0.5) is 19.1 Å². The molecule has 0 spiro atoms. The number of nitrogens with two attached hydrogens (primary N) is 4. The van der Waals surface area contributed by atoms with E-state index in [0.717, 1.165) is 0 Å². The summed E-state index contributed by atoms with van der Waals surface area (Å²) in [5, 5.41) is 9.74. The largest absolute Gasteiger partial charge is 0.490 e. The second-order valence-corrected chi connectivity index (χ2v) is 9.76. The van der Waals surface area contributed by atoms with Crippen LogP contribution >= 0.6 is 11.8 Å². The van der Waals surface area contributed by atoms with E-state index in [1.165, 1.54) is 22.7 Å². The molecular formula is C22H33F3N10O8S. The van der Waals surface area contributed by atoms with E-state index in [1.807, 2.05) is 0 Å². The molecule has 2 rings (SSSR count). The Morgan fingerprint density at radius 1 is 1.23 bits per heavy atom. The molecule has 0 saturated heterocycles. The highest BCUT2D eigenvalue weighted by Gasteiger charge is 2.38. The number of fused-ring (bicyclic) bond motifs is 1. The molecule has 18 nitrogen and oxygen atoms in total. The Morgan fingerprint density at radius 2 is 1.89 bits per heavy atom. The number of imidazole rings is 1. The third kappa shape index (κ3) is 14.0. The van der Waals surface area contributed by atoms with E-state index in [4.69, 9.17) is 42.3 Å². The fourth-order valence-electron chi connectivity index (χ4n) is 2.98. The zero-order valence-corrected chi connectivity index (χ0v) is 24.2. The predicted octanol–water partition coefficient (Wildman–Crippen LogP) is -1.75. The van der Waals surface area contributed by atoms with Gasteiger partial charge in [0, 0.05) is 18.2 Å². The molecule has 11 N–H and O–H groups in total. The number of ether oxygens (including phenoxy) is 2. The minimum Gasteiger partial charge on any atom is -0.475 e. The summed E-state index contributed by atoms with van der Waals surface area (Å²) < 4.78 is 43.8. The molecule has 2 heterocycles. The average Bonchev–Trinajstić information content (AvgIpc) is 3.32. The molecule has 2 aromatic heterocycles. The number of carbonyl (C=O) groups excluding carboxylic acids is 3. The zero-order chi connectivity index (χ0) is 33.4. The minimum absolute atomic E-state index is 0.0123. The van der Waals surface area contributed by atoms with Gasteiger partial charge in [0.1, 0.15) is 19.4 Å². The smallest absolute Gasteiger partial charge is 0.475 e. The molecule has 0 aliphatic carbocycles. The monoisotopic (exact) mass is 654 g/mol. The van der Waals surface area contributed by atoms with Crippen LogP contribution < -0.4 is 33.8 Å². The standard InChI is InChI=1S/C20H32N10O6S.C2HF3O2/c1-11(17(33)27-12(15(21)32)3-2-4-25-19(22)23)7-37-8-13(31)36-6-5-35-10-30-9-26-14-16(30)28-20(24)29-18(14)34;3-2(4,5)1(6)7/h9,11-12H,2-8,10H2,1H3,(H2,21,32)(H,27,33)(H4,22,23,25)(H3,24,28,29,34);(H,6,7)/t11-,12+;/m0./s1. The maximum absolute atomic E-state index is 12.4. The summed E-state index contributed by atoms with van der Waals surface area (Å²) in [5.41, 5.74) is 21.4. The Bertz CT molecular complexity index is 1360. The first kappa shape index (κ1) is 37.4. The van der Waals surface area contributed by atoms with Gasteiger partial charge in [-0.1, -0.05) is 6.92 Å². The number of guanidine groups is 1. The lowest BCUT2D eigenvalue weighted by molar-refractivity contribution is -0.192. The van der Waals surface area contributed by atoms with Crippen molar-refractivity contribution in [3.63, 3.8) is 0 Å². The maximum atomic E-state index is 12.4. The van der Waals surface area contributed by atoms with Crippen molar-refractivity contribution in [2.75, 3.05) is 37.0 Å². The van der Waals surface area contributed by atoms with Gasteiger partial charge in [-0.15, -0.1) is 11.8 Å². The number of esters is 1. The quantitative estimate of drug-likeness (QED) is 0.0457. The molecule has 0 aliphatic heterocycles. The number of H-pyrrole nitrogens is 1. The molecule has 0 radical (unpaired) electrons. The molecule has 0 aromatic carbocycles. The van der Waals surface area contributed by atoms with Crippen LogP contribution in [0.15, 0.2) is 16.1 Å². The number of aliphatic carboxylic acids is 1. The van der Waals surface area contributed by atoms with Crippen LogP contribution in [-0.4, -0.2) is 97.8 Å². The Kier molecular flexibility index (Phi) is 15.4. The Morgan fingerprint density at radius 3 is 2.48 bits per heavy atom. The predicted molar refractivity (Wildman–Crippen MR) is 151 cm³/mol. The second kappa shape index (κ2) is 18.1. The molecule has 2 amide bonds. The van der Waals surface area contributed by atoms with Crippen molar-refractivity contribution >= 4 is 58.6 Å². The highest BCUT2D eigenvalue weighted by atomic mass is 32.2. The van der Waals surface area contributed by atoms with Crippen molar-refractivity contribution in [3.8, 4) is 0 Å². The number of hydrogen-bond acceptors (Lipinski definition) is 12. The molecule has 0 unspecified atom stereocenters. The number of alkyl halides is 3. The molecular weight excluding hydrogens is 621 g/mol. The van der Waals surface area contributed by atoms with Crippen molar-refractivity contribution < 1.29 is 46.9 Å². The molecule has 44 heavy (non-hydrogen) atoms. The Hall–Kier alpha value is -4.60. The van der Waals surface area contributed by atoms with E-state index in [9.17, 15) is 32.3 Å². The van der Waals surface area contributed by atoms with Crippen LogP contribution in [0, 0.1) is 5.92 Å². The molecule has 22 heteroatoms. The first-order chi connectivity index (χ1) is 20.5. The zero-order valence-electron chi connectivity index (χ0n) is 23.3. The molecule has 0 bridgehead atoms. The van der Waals surface area contributed by atoms with E-state index in [0.29, 0.717) is 25.1 Å². The number of anilines is 1. The number of aliphatic imine (C=N–C) groups is 1. The number of amides is 2. The lowest BCUT2D eigenvalue weighted by atomic mass is 10.1. The van der Waals surface area contributed by atoms with E-state index in [2.05, 4.69) is 25.3 Å². The van der Waals surface area contributed by atoms with Crippen molar-refractivity contribution in [1.82, 2.24) is 24.8 Å². The van der Waals surface area contributed by atoms with Crippen LogP contribution in [0.25, 0.3) is 11.2 Å². The summed E-state index contributed by atoms with van der Waals surface area (Å²) >= 11 is 1.22. The van der Waals surface area contributed by atoms with E-state index in [-0.39, 0.29) is 54.7 Å². The number of aromatic nitrogens is 4. The third-order valence-corrected chi connectivity index (χ3v) is 6.27. The topological polar surface area (TPSA) is 299 Å².